The van der Waals surface area contributed by atoms with Crippen molar-refractivity contribution in [1.82, 2.24) is 5.32 Å². The van der Waals surface area contributed by atoms with Crippen molar-refractivity contribution >= 4 is 16.7 Å². The summed E-state index contributed by atoms with van der Waals surface area (Å²) in [5, 5.41) is 2.83. The molecule has 1 saturated carbocycles. The Bertz CT molecular complexity index is 278. The summed E-state index contributed by atoms with van der Waals surface area (Å²) in [6, 6.07) is -0.375. The van der Waals surface area contributed by atoms with E-state index in [9.17, 15) is 9.00 Å². The fourth-order valence-corrected chi connectivity index (χ4v) is 3.06. The monoisotopic (exact) mass is 274 g/mol. The second-order valence-corrected chi connectivity index (χ2v) is 6.82. The number of carbonyl (C=O) groups is 1. The number of amides is 1. The van der Waals surface area contributed by atoms with Crippen molar-refractivity contribution in [2.45, 2.75) is 51.0 Å². The lowest BCUT2D eigenvalue weighted by atomic mass is 9.85. The maximum Gasteiger partial charge on any atom is 0.236 e. The van der Waals surface area contributed by atoms with Crippen LogP contribution in [0.15, 0.2) is 0 Å². The molecule has 106 valence electrons. The molecule has 0 saturated heterocycles. The molecule has 1 fully saturated rings. The van der Waals surface area contributed by atoms with E-state index in [1.807, 2.05) is 0 Å². The Labute approximate surface area is 113 Å². The van der Waals surface area contributed by atoms with E-state index in [0.29, 0.717) is 18.2 Å². The first kappa shape index (κ1) is 15.6. The molecule has 0 heterocycles. The van der Waals surface area contributed by atoms with E-state index in [4.69, 9.17) is 5.73 Å². The topological polar surface area (TPSA) is 72.2 Å². The van der Waals surface area contributed by atoms with E-state index in [-0.39, 0.29) is 11.9 Å². The molecule has 1 aliphatic rings. The Hall–Kier alpha value is -0.420. The average molecular weight is 274 g/mol. The van der Waals surface area contributed by atoms with Crippen LogP contribution in [0.2, 0.25) is 0 Å². The zero-order valence-corrected chi connectivity index (χ0v) is 12.1. The molecular weight excluding hydrogens is 248 g/mol. The molecule has 3 N–H and O–H groups in total. The lowest BCUT2D eigenvalue weighted by Gasteiger charge is -2.24. The van der Waals surface area contributed by atoms with Crippen LogP contribution in [0.25, 0.3) is 0 Å². The van der Waals surface area contributed by atoms with Gasteiger partial charge in [0.05, 0.1) is 6.04 Å². The molecule has 0 aromatic rings. The highest BCUT2D eigenvalue weighted by atomic mass is 32.2. The van der Waals surface area contributed by atoms with Gasteiger partial charge in [0.2, 0.25) is 5.91 Å². The third-order valence-corrected chi connectivity index (χ3v) is 4.42. The number of hydrogen-bond acceptors (Lipinski definition) is 3. The summed E-state index contributed by atoms with van der Waals surface area (Å²) in [6.07, 6.45) is 9.56. The molecule has 0 aliphatic heterocycles. The molecule has 2 atom stereocenters. The number of rotatable bonds is 7. The first-order valence-electron chi connectivity index (χ1n) is 6.93. The van der Waals surface area contributed by atoms with Crippen LogP contribution in [0.5, 0.6) is 0 Å². The second-order valence-electron chi connectivity index (χ2n) is 5.27. The Morgan fingerprint density at radius 2 is 2.06 bits per heavy atom. The second kappa shape index (κ2) is 8.64. The minimum absolute atomic E-state index is 0.0533. The van der Waals surface area contributed by atoms with Crippen LogP contribution in [0.1, 0.15) is 44.9 Å². The van der Waals surface area contributed by atoms with Crippen molar-refractivity contribution in [2.24, 2.45) is 11.7 Å². The van der Waals surface area contributed by atoms with E-state index in [1.165, 1.54) is 32.1 Å². The quantitative estimate of drug-likeness (QED) is 0.685. The van der Waals surface area contributed by atoms with Crippen molar-refractivity contribution in [2.75, 3.05) is 18.6 Å². The fourth-order valence-electron chi connectivity index (χ4n) is 2.51. The average Bonchev–Trinajstić information content (AvgIpc) is 2.35. The molecule has 4 nitrogen and oxygen atoms in total. The number of nitrogens with two attached hydrogens (primary N) is 1. The Morgan fingerprint density at radius 3 is 2.67 bits per heavy atom. The molecule has 1 rings (SSSR count). The minimum atomic E-state index is -0.779. The summed E-state index contributed by atoms with van der Waals surface area (Å²) in [4.78, 5) is 11.7. The number of nitrogens with one attached hydrogen (secondary N) is 1. The first-order valence-corrected chi connectivity index (χ1v) is 8.65. The lowest BCUT2D eigenvalue weighted by molar-refractivity contribution is -0.122. The predicted molar refractivity (Wildman–Crippen MR) is 75.7 cm³/mol. The van der Waals surface area contributed by atoms with Crippen LogP contribution in [-0.2, 0) is 15.6 Å². The maximum absolute atomic E-state index is 11.7. The molecule has 0 radical (unpaired) electrons. The van der Waals surface area contributed by atoms with E-state index >= 15 is 0 Å². The zero-order valence-electron chi connectivity index (χ0n) is 11.3. The van der Waals surface area contributed by atoms with Gasteiger partial charge in [-0.1, -0.05) is 32.1 Å². The molecule has 1 aliphatic carbocycles. The lowest BCUT2D eigenvalue weighted by Crippen LogP contribution is -2.42. The van der Waals surface area contributed by atoms with Crippen molar-refractivity contribution in [3.8, 4) is 0 Å². The van der Waals surface area contributed by atoms with Crippen molar-refractivity contribution in [3.63, 3.8) is 0 Å². The Kier molecular flexibility index (Phi) is 7.51. The molecule has 0 aromatic carbocycles. The molecule has 0 spiro atoms. The highest BCUT2D eigenvalue weighted by molar-refractivity contribution is 7.84. The van der Waals surface area contributed by atoms with E-state index in [1.54, 1.807) is 6.26 Å². The maximum atomic E-state index is 11.7. The molecule has 5 heteroatoms. The van der Waals surface area contributed by atoms with Gasteiger partial charge >= 0.3 is 0 Å². The van der Waals surface area contributed by atoms with Crippen LogP contribution in [0, 0.1) is 5.92 Å². The highest BCUT2D eigenvalue weighted by Gasteiger charge is 2.20. The van der Waals surface area contributed by atoms with E-state index in [0.717, 1.165) is 12.8 Å². The normalized spacial score (nSPS) is 20.3. The van der Waals surface area contributed by atoms with Crippen LogP contribution >= 0.6 is 0 Å². The van der Waals surface area contributed by atoms with Gasteiger partial charge in [-0.15, -0.1) is 0 Å². The van der Waals surface area contributed by atoms with Crippen LogP contribution in [0.4, 0.5) is 0 Å². The van der Waals surface area contributed by atoms with Crippen LogP contribution in [-0.4, -0.2) is 34.7 Å². The third kappa shape index (κ3) is 6.50. The molecule has 0 aromatic heterocycles. The molecule has 2 unspecified atom stereocenters. The Balaban J connectivity index is 2.13. The smallest absolute Gasteiger partial charge is 0.236 e. The summed E-state index contributed by atoms with van der Waals surface area (Å²) < 4.78 is 10.9. The van der Waals surface area contributed by atoms with Gasteiger partial charge in [-0.25, -0.2) is 0 Å². The van der Waals surface area contributed by atoms with Crippen molar-refractivity contribution in [3.05, 3.63) is 0 Å². The largest absolute Gasteiger partial charge is 0.355 e. The van der Waals surface area contributed by atoms with Gasteiger partial charge in [-0.3, -0.25) is 9.00 Å². The molecule has 0 bridgehead atoms. The summed E-state index contributed by atoms with van der Waals surface area (Å²) >= 11 is 0. The van der Waals surface area contributed by atoms with Gasteiger partial charge in [-0.2, -0.15) is 0 Å². The van der Waals surface area contributed by atoms with Gasteiger partial charge < -0.3 is 11.1 Å². The van der Waals surface area contributed by atoms with E-state index in [2.05, 4.69) is 5.32 Å². The predicted octanol–water partition coefficient (Wildman–Crippen LogP) is 1.17. The zero-order chi connectivity index (χ0) is 13.4. The van der Waals surface area contributed by atoms with Gasteiger partial charge in [0.15, 0.2) is 0 Å². The fraction of sp³-hybridized carbons (Fsp3) is 0.923. The standard InChI is InChI=1S/C13H26N2O2S/c1-18(17)9-5-8-15-13(16)12(14)10-11-6-3-2-4-7-11/h11-12H,2-10,14H2,1H3,(H,15,16). The molecule has 18 heavy (non-hydrogen) atoms. The summed E-state index contributed by atoms with van der Waals surface area (Å²) in [7, 11) is -0.779. The van der Waals surface area contributed by atoms with Crippen molar-refractivity contribution in [1.29, 1.82) is 0 Å². The van der Waals surface area contributed by atoms with Gasteiger partial charge in [-0.05, 0) is 18.8 Å². The SMILES string of the molecule is CS(=O)CCCNC(=O)C(N)CC1CCCCC1. The first-order chi connectivity index (χ1) is 8.59. The number of hydrogen-bond donors (Lipinski definition) is 2. The van der Waals surface area contributed by atoms with Crippen LogP contribution < -0.4 is 11.1 Å². The van der Waals surface area contributed by atoms with Crippen LogP contribution in [0.3, 0.4) is 0 Å². The van der Waals surface area contributed by atoms with Gasteiger partial charge in [0.1, 0.15) is 0 Å². The number of carbonyl (C=O) groups excluding carboxylic acids is 1. The summed E-state index contributed by atoms with van der Waals surface area (Å²) in [6.45, 7) is 0.580. The highest BCUT2D eigenvalue weighted by Crippen LogP contribution is 2.26. The van der Waals surface area contributed by atoms with Gasteiger partial charge in [0, 0.05) is 29.4 Å². The summed E-state index contributed by atoms with van der Waals surface area (Å²) in [5.41, 5.74) is 5.92. The third-order valence-electron chi connectivity index (χ3n) is 3.56. The van der Waals surface area contributed by atoms with Gasteiger partial charge in [0.25, 0.3) is 0 Å². The van der Waals surface area contributed by atoms with E-state index < -0.39 is 10.8 Å². The summed E-state index contributed by atoms with van der Waals surface area (Å²) in [5.74, 6) is 1.21. The minimum Gasteiger partial charge on any atom is -0.355 e. The molecule has 1 amide bonds. The molecular formula is C13H26N2O2S. The van der Waals surface area contributed by atoms with Crippen molar-refractivity contribution < 1.29 is 9.00 Å². The Morgan fingerprint density at radius 1 is 1.39 bits per heavy atom.